The first kappa shape index (κ1) is 17.0. The fourth-order valence-corrected chi connectivity index (χ4v) is 2.02. The number of nitrogens with one attached hydrogen (secondary N) is 1. The summed E-state index contributed by atoms with van der Waals surface area (Å²) < 4.78 is 5.59. The number of carbonyl (C=O) groups excluding carboxylic acids is 1. The van der Waals surface area contributed by atoms with E-state index >= 15 is 0 Å². The molecule has 2 N–H and O–H groups in total. The van der Waals surface area contributed by atoms with Gasteiger partial charge in [0.05, 0.1) is 5.56 Å². The minimum Gasteiger partial charge on any atom is -0.478 e. The molecular weight excluding hydrogens is 308 g/mol. The highest BCUT2D eigenvalue weighted by molar-refractivity contribution is 6.01. The Balaban J connectivity index is 2.29. The normalized spacial score (nSPS) is 11.2. The average molecular weight is 324 g/mol. The molecule has 0 fully saturated rings. The van der Waals surface area contributed by atoms with E-state index in [1.807, 2.05) is 6.07 Å². The monoisotopic (exact) mass is 324 g/mol. The Bertz CT molecular complexity index is 841. The molecule has 0 aliphatic heterocycles. The van der Waals surface area contributed by atoms with E-state index in [2.05, 4.69) is 5.32 Å². The van der Waals surface area contributed by atoms with Gasteiger partial charge in [0, 0.05) is 17.7 Å². The largest absolute Gasteiger partial charge is 0.478 e. The van der Waals surface area contributed by atoms with E-state index in [0.717, 1.165) is 0 Å². The minimum atomic E-state index is -1.03. The number of hydrogen-bond donors (Lipinski definition) is 2. The van der Waals surface area contributed by atoms with Gasteiger partial charge in [-0.25, -0.2) is 4.79 Å². The maximum atomic E-state index is 11.9. The topological polar surface area (TPSA) is 103 Å². The molecule has 122 valence electrons. The standard InChI is InChI=1S/C18H16N2O4/c1-11(2)20-17(21)14(10-19)9-15-6-7-16(24-15)12-4-3-5-13(8-12)18(22)23/h3-9,11H,1-2H3,(H,20,21)(H,22,23)/b14-9+. The highest BCUT2D eigenvalue weighted by Gasteiger charge is 2.12. The zero-order valence-corrected chi connectivity index (χ0v) is 13.2. The highest BCUT2D eigenvalue weighted by Crippen LogP contribution is 2.24. The maximum Gasteiger partial charge on any atom is 0.335 e. The van der Waals surface area contributed by atoms with E-state index in [4.69, 9.17) is 14.8 Å². The van der Waals surface area contributed by atoms with Gasteiger partial charge in [0.15, 0.2) is 0 Å². The summed E-state index contributed by atoms with van der Waals surface area (Å²) in [6.07, 6.45) is 1.35. The fourth-order valence-electron chi connectivity index (χ4n) is 2.02. The van der Waals surface area contributed by atoms with E-state index in [1.165, 1.54) is 18.2 Å². The molecule has 1 heterocycles. The van der Waals surface area contributed by atoms with Crippen LogP contribution >= 0.6 is 0 Å². The van der Waals surface area contributed by atoms with Crippen molar-refractivity contribution >= 4 is 18.0 Å². The van der Waals surface area contributed by atoms with E-state index in [1.54, 1.807) is 38.1 Å². The molecule has 0 aliphatic rings. The quantitative estimate of drug-likeness (QED) is 0.650. The number of nitriles is 1. The number of aromatic carboxylic acids is 1. The first-order chi connectivity index (χ1) is 11.4. The Morgan fingerprint density at radius 2 is 2.04 bits per heavy atom. The van der Waals surface area contributed by atoms with E-state index in [0.29, 0.717) is 17.1 Å². The molecular formula is C18H16N2O4. The summed E-state index contributed by atoms with van der Waals surface area (Å²) in [6.45, 7) is 3.60. The van der Waals surface area contributed by atoms with Gasteiger partial charge in [0.25, 0.3) is 5.91 Å². The van der Waals surface area contributed by atoms with Crippen molar-refractivity contribution in [3.8, 4) is 17.4 Å². The molecule has 0 aliphatic carbocycles. The van der Waals surface area contributed by atoms with Crippen LogP contribution < -0.4 is 5.32 Å². The minimum absolute atomic E-state index is 0.0658. The van der Waals surface area contributed by atoms with Gasteiger partial charge in [-0.3, -0.25) is 4.79 Å². The molecule has 0 saturated carbocycles. The first-order valence-corrected chi connectivity index (χ1v) is 7.27. The smallest absolute Gasteiger partial charge is 0.335 e. The lowest BCUT2D eigenvalue weighted by Crippen LogP contribution is -2.30. The Labute approximate surface area is 139 Å². The Hall–Kier alpha value is -3.33. The van der Waals surface area contributed by atoms with Crippen molar-refractivity contribution in [1.29, 1.82) is 5.26 Å². The lowest BCUT2D eigenvalue weighted by Gasteiger charge is -2.06. The zero-order valence-electron chi connectivity index (χ0n) is 13.2. The molecule has 0 atom stereocenters. The van der Waals surface area contributed by atoms with Gasteiger partial charge in [-0.2, -0.15) is 5.26 Å². The number of carboxylic acids is 1. The summed E-state index contributed by atoms with van der Waals surface area (Å²) in [7, 11) is 0. The van der Waals surface area contributed by atoms with Crippen LogP contribution in [0.5, 0.6) is 0 Å². The predicted octanol–water partition coefficient (Wildman–Crippen LogP) is 3.08. The molecule has 0 unspecified atom stereocenters. The van der Waals surface area contributed by atoms with Crippen molar-refractivity contribution in [3.63, 3.8) is 0 Å². The van der Waals surface area contributed by atoms with Crippen molar-refractivity contribution in [3.05, 3.63) is 53.3 Å². The van der Waals surface area contributed by atoms with Gasteiger partial charge < -0.3 is 14.8 Å². The third-order valence-electron chi connectivity index (χ3n) is 3.09. The van der Waals surface area contributed by atoms with Gasteiger partial charge >= 0.3 is 5.97 Å². The summed E-state index contributed by atoms with van der Waals surface area (Å²) in [5.41, 5.74) is 0.679. The van der Waals surface area contributed by atoms with E-state index in [-0.39, 0.29) is 17.2 Å². The Kier molecular flexibility index (Phi) is 5.17. The Morgan fingerprint density at radius 1 is 1.29 bits per heavy atom. The van der Waals surface area contributed by atoms with Crippen molar-refractivity contribution in [1.82, 2.24) is 5.32 Å². The number of furan rings is 1. The maximum absolute atomic E-state index is 11.9. The lowest BCUT2D eigenvalue weighted by atomic mass is 10.1. The molecule has 0 radical (unpaired) electrons. The molecule has 1 amide bonds. The van der Waals surface area contributed by atoms with Crippen LogP contribution in [-0.4, -0.2) is 23.0 Å². The lowest BCUT2D eigenvalue weighted by molar-refractivity contribution is -0.117. The van der Waals surface area contributed by atoms with Gasteiger partial charge in [0.1, 0.15) is 23.2 Å². The van der Waals surface area contributed by atoms with E-state index < -0.39 is 11.9 Å². The van der Waals surface area contributed by atoms with Crippen LogP contribution in [0.15, 0.2) is 46.4 Å². The van der Waals surface area contributed by atoms with Crippen molar-refractivity contribution in [2.24, 2.45) is 0 Å². The molecule has 1 aromatic heterocycles. The number of rotatable bonds is 5. The molecule has 6 nitrogen and oxygen atoms in total. The number of benzene rings is 1. The second-order valence-electron chi connectivity index (χ2n) is 5.39. The molecule has 0 spiro atoms. The van der Waals surface area contributed by atoms with Crippen LogP contribution in [0.1, 0.15) is 30.0 Å². The molecule has 24 heavy (non-hydrogen) atoms. The molecule has 0 bridgehead atoms. The van der Waals surface area contributed by atoms with Crippen molar-refractivity contribution in [2.45, 2.75) is 19.9 Å². The third kappa shape index (κ3) is 4.11. The summed E-state index contributed by atoms with van der Waals surface area (Å²) >= 11 is 0. The molecule has 6 heteroatoms. The highest BCUT2D eigenvalue weighted by atomic mass is 16.4. The van der Waals surface area contributed by atoms with Gasteiger partial charge in [-0.1, -0.05) is 12.1 Å². The predicted molar refractivity (Wildman–Crippen MR) is 88.0 cm³/mol. The summed E-state index contributed by atoms with van der Waals surface area (Å²) in [4.78, 5) is 22.9. The van der Waals surface area contributed by atoms with Crippen molar-refractivity contribution < 1.29 is 19.1 Å². The average Bonchev–Trinajstić information content (AvgIpc) is 3.00. The second kappa shape index (κ2) is 7.29. The molecule has 0 saturated heterocycles. The third-order valence-corrected chi connectivity index (χ3v) is 3.09. The summed E-state index contributed by atoms with van der Waals surface area (Å²) in [5.74, 6) is -0.717. The number of carbonyl (C=O) groups is 2. The fraction of sp³-hybridized carbons (Fsp3) is 0.167. The van der Waals surface area contributed by atoms with Gasteiger partial charge in [-0.05, 0) is 38.1 Å². The number of hydrogen-bond acceptors (Lipinski definition) is 4. The van der Waals surface area contributed by atoms with Crippen LogP contribution in [0, 0.1) is 11.3 Å². The first-order valence-electron chi connectivity index (χ1n) is 7.27. The summed E-state index contributed by atoms with van der Waals surface area (Å²) in [5, 5.41) is 20.8. The molecule has 1 aromatic carbocycles. The van der Waals surface area contributed by atoms with Crippen molar-refractivity contribution in [2.75, 3.05) is 0 Å². The van der Waals surface area contributed by atoms with Gasteiger partial charge in [-0.15, -0.1) is 0 Å². The number of carboxylic acid groups (broad SMARTS) is 1. The molecule has 2 rings (SSSR count). The second-order valence-corrected chi connectivity index (χ2v) is 5.39. The van der Waals surface area contributed by atoms with Gasteiger partial charge in [0.2, 0.25) is 0 Å². The number of nitrogens with zero attached hydrogens (tertiary/aromatic N) is 1. The number of amides is 1. The summed E-state index contributed by atoms with van der Waals surface area (Å²) in [6, 6.07) is 11.3. The van der Waals surface area contributed by atoms with Crippen LogP contribution in [0.2, 0.25) is 0 Å². The van der Waals surface area contributed by atoms with Crippen LogP contribution in [0.3, 0.4) is 0 Å². The zero-order chi connectivity index (χ0) is 17.7. The van der Waals surface area contributed by atoms with Crippen LogP contribution in [0.25, 0.3) is 17.4 Å². The van der Waals surface area contributed by atoms with Crippen LogP contribution in [-0.2, 0) is 4.79 Å². The SMILES string of the molecule is CC(C)NC(=O)/C(C#N)=C/c1ccc(-c2cccc(C(=O)O)c2)o1. The molecule has 2 aromatic rings. The Morgan fingerprint density at radius 3 is 2.67 bits per heavy atom. The van der Waals surface area contributed by atoms with E-state index in [9.17, 15) is 9.59 Å². The van der Waals surface area contributed by atoms with Crippen LogP contribution in [0.4, 0.5) is 0 Å².